The molecule has 2 heterocycles. The highest BCUT2D eigenvalue weighted by atomic mass is 32.1. The lowest BCUT2D eigenvalue weighted by molar-refractivity contribution is -0.151. The second-order valence-corrected chi connectivity index (χ2v) is 21.1. The van der Waals surface area contributed by atoms with E-state index in [0.29, 0.717) is 81.7 Å². The Morgan fingerprint density at radius 3 is 1.47 bits per heavy atom. The molecule has 392 valence electrons. The number of rotatable bonds is 43. The summed E-state index contributed by atoms with van der Waals surface area (Å²) in [5, 5.41) is 6.60. The molecule has 11 nitrogen and oxygen atoms in total. The first-order valence-electron chi connectivity index (χ1n) is 28.1. The van der Waals surface area contributed by atoms with Crippen LogP contribution in [0.2, 0.25) is 0 Å². The van der Waals surface area contributed by atoms with Gasteiger partial charge in [0.2, 0.25) is 11.8 Å². The average Bonchev–Trinajstić information content (AvgIpc) is 3.67. The van der Waals surface area contributed by atoms with Crippen LogP contribution in [0.25, 0.3) is 0 Å². The van der Waals surface area contributed by atoms with Gasteiger partial charge in [-0.1, -0.05) is 143 Å². The van der Waals surface area contributed by atoms with Crippen LogP contribution in [-0.2, 0) is 41.6 Å². The smallest absolute Gasteiger partial charge is 0.306 e. The second kappa shape index (κ2) is 39.7. The molecule has 0 fully saturated rings. The molecule has 1 aromatic heterocycles. The van der Waals surface area contributed by atoms with Crippen molar-refractivity contribution >= 4 is 46.0 Å². The molecule has 0 aromatic carbocycles. The second-order valence-electron chi connectivity index (χ2n) is 20.0. The molecule has 1 atom stereocenters. The van der Waals surface area contributed by atoms with Crippen molar-refractivity contribution in [1.29, 1.82) is 0 Å². The van der Waals surface area contributed by atoms with Crippen LogP contribution < -0.4 is 10.6 Å². The number of carbonyl (C=O) groups excluding carboxylic acids is 5. The van der Waals surface area contributed by atoms with Gasteiger partial charge in [0.25, 0.3) is 5.91 Å². The van der Waals surface area contributed by atoms with Crippen molar-refractivity contribution < 1.29 is 33.4 Å². The molecule has 1 unspecified atom stereocenters. The minimum absolute atomic E-state index is 0.0113. The number of hydrogen-bond acceptors (Lipinski definition) is 9. The number of ether oxygens (including phenoxy) is 2. The van der Waals surface area contributed by atoms with Crippen LogP contribution in [0, 0.1) is 0 Å². The summed E-state index contributed by atoms with van der Waals surface area (Å²) in [5.74, 6) is -0.709. The number of nitrogens with zero attached hydrogens (tertiary/aromatic N) is 2. The normalized spacial score (nSPS) is 12.9. The Balaban J connectivity index is 1.92. The highest BCUT2D eigenvalue weighted by molar-refractivity contribution is 7.17. The summed E-state index contributed by atoms with van der Waals surface area (Å²) in [6.45, 7) is 10.9. The summed E-state index contributed by atoms with van der Waals surface area (Å²) in [7, 11) is 3.91. The van der Waals surface area contributed by atoms with E-state index in [1.165, 1.54) is 127 Å². The Hall–Kier alpha value is -2.99. The predicted octanol–water partition coefficient (Wildman–Crippen LogP) is 14.0. The number of fused-ring (bicyclic) bond motifs is 1. The SMILES string of the molecule is CCCCCCCCC(CCCCCCCC)OC(=O)CCCCC(=O)Nc1sc2c(c1C(=O)NCCN(C)C)CCN(C(=O)CCCCC(=O)OC(CCCCCC)CCCCCCCC)C2. The van der Waals surface area contributed by atoms with Gasteiger partial charge in [-0.25, -0.2) is 0 Å². The first kappa shape index (κ1) is 61.1. The average molecular weight is 974 g/mol. The van der Waals surface area contributed by atoms with E-state index in [-0.39, 0.29) is 54.7 Å². The number of anilines is 1. The molecular weight excluding hydrogens is 873 g/mol. The van der Waals surface area contributed by atoms with E-state index in [2.05, 4.69) is 38.3 Å². The zero-order chi connectivity index (χ0) is 49.6. The van der Waals surface area contributed by atoms with Crippen molar-refractivity contribution in [1.82, 2.24) is 15.1 Å². The number of unbranched alkanes of at least 4 members (excludes halogenated alkanes) is 20. The molecule has 1 aliphatic rings. The van der Waals surface area contributed by atoms with Crippen LogP contribution in [0.4, 0.5) is 5.00 Å². The lowest BCUT2D eigenvalue weighted by Crippen LogP contribution is -2.36. The van der Waals surface area contributed by atoms with E-state index in [1.807, 2.05) is 23.9 Å². The molecule has 68 heavy (non-hydrogen) atoms. The molecule has 0 aliphatic carbocycles. The van der Waals surface area contributed by atoms with Gasteiger partial charge in [-0.15, -0.1) is 11.3 Å². The third-order valence-electron chi connectivity index (χ3n) is 13.4. The molecule has 1 aromatic rings. The van der Waals surface area contributed by atoms with Crippen molar-refractivity contribution in [2.45, 2.75) is 271 Å². The molecule has 3 amide bonds. The third-order valence-corrected chi connectivity index (χ3v) is 14.5. The summed E-state index contributed by atoms with van der Waals surface area (Å²) >= 11 is 1.38. The summed E-state index contributed by atoms with van der Waals surface area (Å²) in [5.41, 5.74) is 1.39. The maximum absolute atomic E-state index is 13.7. The van der Waals surface area contributed by atoms with Gasteiger partial charge in [-0.05, 0) is 103 Å². The number of thiophene rings is 1. The van der Waals surface area contributed by atoms with Gasteiger partial charge in [0.1, 0.15) is 17.2 Å². The number of hydrogen-bond donors (Lipinski definition) is 2. The van der Waals surface area contributed by atoms with Crippen molar-refractivity contribution in [3.8, 4) is 0 Å². The fourth-order valence-electron chi connectivity index (χ4n) is 9.14. The lowest BCUT2D eigenvalue weighted by atomic mass is 10.0. The van der Waals surface area contributed by atoms with E-state index >= 15 is 0 Å². The van der Waals surface area contributed by atoms with Gasteiger partial charge in [0.15, 0.2) is 0 Å². The first-order chi connectivity index (χ1) is 33.0. The van der Waals surface area contributed by atoms with Gasteiger partial charge in [-0.3, -0.25) is 24.0 Å². The Morgan fingerprint density at radius 2 is 1.00 bits per heavy atom. The molecule has 0 bridgehead atoms. The van der Waals surface area contributed by atoms with Crippen molar-refractivity contribution in [3.63, 3.8) is 0 Å². The first-order valence-corrected chi connectivity index (χ1v) is 28.9. The molecule has 0 saturated heterocycles. The van der Waals surface area contributed by atoms with Crippen molar-refractivity contribution in [3.05, 3.63) is 16.0 Å². The monoisotopic (exact) mass is 973 g/mol. The highest BCUT2D eigenvalue weighted by Gasteiger charge is 2.30. The molecule has 2 N–H and O–H groups in total. The van der Waals surface area contributed by atoms with Crippen LogP contribution >= 0.6 is 11.3 Å². The Labute approximate surface area is 419 Å². The van der Waals surface area contributed by atoms with E-state index < -0.39 is 0 Å². The largest absolute Gasteiger partial charge is 0.462 e. The Morgan fingerprint density at radius 1 is 0.574 bits per heavy atom. The fraction of sp³-hybridized carbons (Fsp3) is 0.839. The maximum Gasteiger partial charge on any atom is 0.306 e. The highest BCUT2D eigenvalue weighted by Crippen LogP contribution is 2.38. The summed E-state index contributed by atoms with van der Waals surface area (Å²) in [6.07, 6.45) is 34.3. The number of esters is 2. The standard InChI is InChI=1S/C56H100N4O7S/c1-7-11-15-19-22-26-34-46(33-25-18-14-10-4)66-53(64)40-32-30-38-51(62)60-43-41-48-49(45-60)68-56(54(48)55(65)57-42-44-59(5)6)58-50(61)37-29-31-39-52(63)67-47(35-27-23-20-16-12-8-2)36-28-24-21-17-13-9-3/h46-47H,7-45H2,1-6H3,(H,57,65)(H,58,61). The number of nitrogens with one attached hydrogen (secondary N) is 2. The summed E-state index contributed by atoms with van der Waals surface area (Å²) in [6, 6.07) is 0. The zero-order valence-electron chi connectivity index (χ0n) is 44.4. The Bertz CT molecular complexity index is 1500. The van der Waals surface area contributed by atoms with Crippen LogP contribution in [0.3, 0.4) is 0 Å². The number of carbonyl (C=O) groups is 5. The van der Waals surface area contributed by atoms with Gasteiger partial charge < -0.3 is 29.9 Å². The number of amides is 3. The van der Waals surface area contributed by atoms with Crippen LogP contribution in [-0.4, -0.2) is 85.4 Å². The molecule has 0 spiro atoms. The van der Waals surface area contributed by atoms with Crippen molar-refractivity contribution in [2.75, 3.05) is 39.0 Å². The lowest BCUT2D eigenvalue weighted by Gasteiger charge is -2.27. The molecule has 1 aliphatic heterocycles. The quantitative estimate of drug-likeness (QED) is 0.0488. The van der Waals surface area contributed by atoms with Gasteiger partial charge in [-0.2, -0.15) is 0 Å². The molecular formula is C56H100N4O7S. The molecule has 0 radical (unpaired) electrons. The third kappa shape index (κ3) is 28.6. The minimum Gasteiger partial charge on any atom is -0.462 e. The fourth-order valence-corrected chi connectivity index (χ4v) is 10.4. The van der Waals surface area contributed by atoms with E-state index in [4.69, 9.17) is 9.47 Å². The maximum atomic E-state index is 13.7. The van der Waals surface area contributed by atoms with E-state index in [1.54, 1.807) is 0 Å². The molecule has 2 rings (SSSR count). The Kier molecular flexibility index (Phi) is 35.7. The topological polar surface area (TPSA) is 134 Å². The summed E-state index contributed by atoms with van der Waals surface area (Å²) < 4.78 is 12.0. The van der Waals surface area contributed by atoms with Crippen LogP contribution in [0.15, 0.2) is 0 Å². The van der Waals surface area contributed by atoms with Crippen molar-refractivity contribution in [2.24, 2.45) is 0 Å². The summed E-state index contributed by atoms with van der Waals surface area (Å²) in [4.78, 5) is 71.2. The minimum atomic E-state index is -0.222. The van der Waals surface area contributed by atoms with Gasteiger partial charge >= 0.3 is 11.9 Å². The van der Waals surface area contributed by atoms with E-state index in [9.17, 15) is 24.0 Å². The van der Waals surface area contributed by atoms with Crippen LogP contribution in [0.5, 0.6) is 0 Å². The molecule has 0 saturated carbocycles. The van der Waals surface area contributed by atoms with Crippen LogP contribution in [0.1, 0.15) is 267 Å². The number of likely N-dealkylation sites (N-methyl/N-ethyl adjacent to an activating group) is 1. The predicted molar refractivity (Wildman–Crippen MR) is 282 cm³/mol. The van der Waals surface area contributed by atoms with E-state index in [0.717, 1.165) is 61.8 Å². The van der Waals surface area contributed by atoms with Gasteiger partial charge in [0.05, 0.1) is 12.1 Å². The molecule has 12 heteroatoms. The zero-order valence-corrected chi connectivity index (χ0v) is 45.2. The van der Waals surface area contributed by atoms with Gasteiger partial charge in [0, 0.05) is 50.2 Å².